The van der Waals surface area contributed by atoms with Crippen molar-refractivity contribution in [2.45, 2.75) is 13.8 Å². The van der Waals surface area contributed by atoms with Gasteiger partial charge in [0.2, 0.25) is 0 Å². The highest BCUT2D eigenvalue weighted by molar-refractivity contribution is 5.97. The van der Waals surface area contributed by atoms with Gasteiger partial charge < -0.3 is 0 Å². The topological polar surface area (TPSA) is 12.4 Å². The predicted molar refractivity (Wildman–Crippen MR) is 56.1 cm³/mol. The van der Waals surface area contributed by atoms with Gasteiger partial charge in [-0.1, -0.05) is 6.58 Å². The molecule has 64 valence electrons. The summed E-state index contributed by atoms with van der Waals surface area (Å²) in [7, 11) is 0. The van der Waals surface area contributed by atoms with E-state index in [1.54, 1.807) is 0 Å². The Bertz CT molecular complexity index is 446. The summed E-state index contributed by atoms with van der Waals surface area (Å²) in [4.78, 5) is 4.22. The molecule has 0 atom stereocenters. The van der Waals surface area contributed by atoms with Crippen LogP contribution in [0.2, 0.25) is 0 Å². The van der Waals surface area contributed by atoms with Crippen molar-refractivity contribution < 1.29 is 0 Å². The molecule has 1 heterocycles. The number of fused-ring (bicyclic) bond motifs is 1. The van der Waals surface area contributed by atoms with E-state index in [4.69, 9.17) is 0 Å². The first-order valence-corrected chi connectivity index (χ1v) is 4.28. The molecule has 0 amide bonds. The van der Waals surface area contributed by atoms with E-state index in [1.807, 2.05) is 6.21 Å². The summed E-state index contributed by atoms with van der Waals surface area (Å²) >= 11 is 0. The molecule has 0 saturated carbocycles. The molecule has 1 aliphatic heterocycles. The number of aryl methyl sites for hydroxylation is 2. The summed E-state index contributed by atoms with van der Waals surface area (Å²) in [5.74, 6) is 0. The normalized spacial score (nSPS) is 12.9. The molecule has 1 aromatic rings. The third-order valence-electron chi connectivity index (χ3n) is 2.42. The van der Waals surface area contributed by atoms with Gasteiger partial charge in [0.1, 0.15) is 5.70 Å². The molecular weight excluding hydrogens is 158 g/mol. The summed E-state index contributed by atoms with van der Waals surface area (Å²) in [5.41, 5.74) is 8.61. The van der Waals surface area contributed by atoms with E-state index < -0.39 is 0 Å². The van der Waals surface area contributed by atoms with Crippen molar-refractivity contribution in [3.63, 3.8) is 0 Å². The zero-order chi connectivity index (χ0) is 9.42. The highest BCUT2D eigenvalue weighted by atomic mass is 14.8. The van der Waals surface area contributed by atoms with Gasteiger partial charge in [-0.2, -0.15) is 0 Å². The van der Waals surface area contributed by atoms with Crippen LogP contribution in [0.5, 0.6) is 0 Å². The Morgan fingerprint density at radius 3 is 2.62 bits per heavy atom. The quantitative estimate of drug-likeness (QED) is 0.529. The van der Waals surface area contributed by atoms with Gasteiger partial charge in [-0.3, -0.25) is 0 Å². The molecule has 0 radical (unpaired) electrons. The lowest BCUT2D eigenvalue weighted by Crippen LogP contribution is -1.88. The number of hydrogen-bond acceptors (Lipinski definition) is 1. The van der Waals surface area contributed by atoms with Crippen LogP contribution >= 0.6 is 0 Å². The van der Waals surface area contributed by atoms with Crippen molar-refractivity contribution in [2.24, 2.45) is 4.99 Å². The molecule has 0 unspecified atom stereocenters. The molecule has 1 aliphatic rings. The van der Waals surface area contributed by atoms with Gasteiger partial charge in [0, 0.05) is 17.3 Å². The van der Waals surface area contributed by atoms with Gasteiger partial charge in [-0.25, -0.2) is 4.99 Å². The number of hydrogen-bond donors (Lipinski definition) is 0. The maximum atomic E-state index is 4.22. The van der Waals surface area contributed by atoms with Crippen LogP contribution in [0.15, 0.2) is 29.4 Å². The molecule has 1 nitrogen and oxygen atoms in total. The predicted octanol–water partition coefficient (Wildman–Crippen LogP) is 2.86. The van der Waals surface area contributed by atoms with Crippen molar-refractivity contribution >= 4 is 11.9 Å². The first kappa shape index (κ1) is 8.03. The number of nitrogens with zero attached hydrogens (tertiary/aromatic N) is 1. The molecule has 0 spiro atoms. The van der Waals surface area contributed by atoms with Crippen LogP contribution < -0.4 is 0 Å². The van der Waals surface area contributed by atoms with Crippen LogP contribution in [0.1, 0.15) is 22.3 Å². The van der Waals surface area contributed by atoms with Crippen molar-refractivity contribution in [3.05, 3.63) is 46.7 Å². The van der Waals surface area contributed by atoms with E-state index in [0.717, 1.165) is 11.3 Å². The maximum absolute atomic E-state index is 4.22. The lowest BCUT2D eigenvalue weighted by molar-refractivity contribution is 1.33. The molecule has 0 bridgehead atoms. The minimum Gasteiger partial charge on any atom is -0.247 e. The Labute approximate surface area is 78.1 Å². The Kier molecular flexibility index (Phi) is 1.68. The van der Waals surface area contributed by atoms with Crippen LogP contribution in [0.3, 0.4) is 0 Å². The van der Waals surface area contributed by atoms with Crippen molar-refractivity contribution in [1.82, 2.24) is 0 Å². The van der Waals surface area contributed by atoms with Gasteiger partial charge in [0.25, 0.3) is 0 Å². The minimum atomic E-state index is 0.859. The summed E-state index contributed by atoms with van der Waals surface area (Å²) in [6, 6.07) is 4.30. The van der Waals surface area contributed by atoms with Crippen molar-refractivity contribution in [1.29, 1.82) is 0 Å². The maximum Gasteiger partial charge on any atom is 0.112 e. The lowest BCUT2D eigenvalue weighted by atomic mass is 10.0. The fourth-order valence-corrected chi connectivity index (χ4v) is 1.49. The fraction of sp³-hybridized carbons (Fsp3) is 0.167. The second kappa shape index (κ2) is 2.72. The van der Waals surface area contributed by atoms with Crippen LogP contribution in [0.4, 0.5) is 0 Å². The second-order valence-electron chi connectivity index (χ2n) is 3.31. The molecular formula is C12H11N. The molecule has 1 aromatic carbocycles. The number of benzene rings is 1. The average Bonchev–Trinajstić information content (AvgIpc) is 2.48. The first-order chi connectivity index (χ1) is 6.22. The summed E-state index contributed by atoms with van der Waals surface area (Å²) < 4.78 is 0. The van der Waals surface area contributed by atoms with E-state index in [9.17, 15) is 0 Å². The molecule has 1 heteroatoms. The van der Waals surface area contributed by atoms with Gasteiger partial charge in [0.15, 0.2) is 0 Å². The van der Waals surface area contributed by atoms with Crippen LogP contribution in [0.25, 0.3) is 5.70 Å². The fourth-order valence-electron chi connectivity index (χ4n) is 1.49. The van der Waals surface area contributed by atoms with Gasteiger partial charge in [0.05, 0.1) is 0 Å². The summed E-state index contributed by atoms with van der Waals surface area (Å²) in [6.45, 7) is 7.83. The standard InChI is InChI=1S/C12H11N/c1-4-12-11-6-9(3)8(2)5-10(11)7-13-12/h5-7H,1H2,2-3H3. The Hall–Kier alpha value is -1.59. The lowest BCUT2D eigenvalue weighted by Gasteiger charge is -2.03. The third-order valence-corrected chi connectivity index (χ3v) is 2.42. The third kappa shape index (κ3) is 1.14. The SMILES string of the molecule is C=C=C1N=Cc2cc(C)c(C)cc21. The average molecular weight is 169 g/mol. The Balaban J connectivity index is 2.72. The van der Waals surface area contributed by atoms with Crippen molar-refractivity contribution in [3.8, 4) is 0 Å². The Morgan fingerprint density at radius 2 is 1.92 bits per heavy atom. The summed E-state index contributed by atoms with van der Waals surface area (Å²) in [5, 5.41) is 0. The Morgan fingerprint density at radius 1 is 1.23 bits per heavy atom. The van der Waals surface area contributed by atoms with E-state index in [-0.39, 0.29) is 0 Å². The molecule has 0 aromatic heterocycles. The molecule has 0 aliphatic carbocycles. The number of aliphatic imine (C=N–C) groups is 1. The van der Waals surface area contributed by atoms with E-state index in [1.165, 1.54) is 16.7 Å². The molecule has 0 fully saturated rings. The highest BCUT2D eigenvalue weighted by Crippen LogP contribution is 2.26. The van der Waals surface area contributed by atoms with Gasteiger partial charge in [-0.15, -0.1) is 5.73 Å². The summed E-state index contributed by atoms with van der Waals surface area (Å²) in [6.07, 6.45) is 1.87. The highest BCUT2D eigenvalue weighted by Gasteiger charge is 2.12. The van der Waals surface area contributed by atoms with Gasteiger partial charge in [-0.05, 0) is 37.1 Å². The van der Waals surface area contributed by atoms with E-state index in [2.05, 4.69) is 43.3 Å². The van der Waals surface area contributed by atoms with Crippen LogP contribution in [-0.2, 0) is 0 Å². The largest absolute Gasteiger partial charge is 0.247 e. The first-order valence-electron chi connectivity index (χ1n) is 4.28. The van der Waals surface area contributed by atoms with E-state index in [0.29, 0.717) is 0 Å². The second-order valence-corrected chi connectivity index (χ2v) is 3.31. The monoisotopic (exact) mass is 169 g/mol. The number of rotatable bonds is 0. The zero-order valence-electron chi connectivity index (χ0n) is 7.89. The van der Waals surface area contributed by atoms with E-state index >= 15 is 0 Å². The minimum absolute atomic E-state index is 0.859. The van der Waals surface area contributed by atoms with Crippen molar-refractivity contribution in [2.75, 3.05) is 0 Å². The molecule has 0 N–H and O–H groups in total. The molecule has 0 saturated heterocycles. The van der Waals surface area contributed by atoms with Gasteiger partial charge >= 0.3 is 0 Å². The van der Waals surface area contributed by atoms with Crippen LogP contribution in [-0.4, -0.2) is 6.21 Å². The smallest absolute Gasteiger partial charge is 0.112 e. The zero-order valence-corrected chi connectivity index (χ0v) is 7.89. The van der Waals surface area contributed by atoms with Crippen LogP contribution in [0, 0.1) is 13.8 Å². The molecule has 2 rings (SSSR count). The molecule has 13 heavy (non-hydrogen) atoms.